The molecule has 4 heterocycles. The molecule has 1 aromatic heterocycles. The molecule has 0 unspecified atom stereocenters. The molecule has 0 saturated heterocycles. The number of thiophene rings is 1. The number of hydrogen-bond acceptors (Lipinski definition) is 5. The van der Waals surface area contributed by atoms with Crippen LogP contribution in [0.2, 0.25) is 0 Å². The summed E-state index contributed by atoms with van der Waals surface area (Å²) < 4.78 is 15.7. The van der Waals surface area contributed by atoms with Crippen LogP contribution in [0.4, 0.5) is 34.1 Å². The third kappa shape index (κ3) is 8.03. The Morgan fingerprint density at radius 3 is 1.60 bits per heavy atom. The summed E-state index contributed by atoms with van der Waals surface area (Å²) in [5, 5.41) is 2.61. The number of ether oxygens (including phenoxy) is 2. The summed E-state index contributed by atoms with van der Waals surface area (Å²) in [6.07, 6.45) is 0. The molecule has 13 rings (SSSR count). The maximum atomic E-state index is 6.74. The fraction of sp³-hybridized carbons (Fsp3) is 0.217. The van der Waals surface area contributed by atoms with Crippen LogP contribution in [0, 0.1) is 6.92 Å². The van der Waals surface area contributed by atoms with Gasteiger partial charge in [0.25, 0.3) is 6.71 Å². The van der Waals surface area contributed by atoms with Crippen molar-refractivity contribution in [3.8, 4) is 44.9 Å². The summed E-state index contributed by atoms with van der Waals surface area (Å²) in [5.74, 6) is 1.59. The fourth-order valence-corrected chi connectivity index (χ4v) is 13.0. The van der Waals surface area contributed by atoms with Crippen molar-refractivity contribution in [2.75, 3.05) is 23.0 Å². The molecule has 4 nitrogen and oxygen atoms in total. The maximum Gasteiger partial charge on any atom is 0.252 e. The first-order valence-corrected chi connectivity index (χ1v) is 27.5. The van der Waals surface area contributed by atoms with E-state index in [1.165, 1.54) is 97.9 Å². The molecule has 3 aliphatic heterocycles. The van der Waals surface area contributed by atoms with Gasteiger partial charge in [-0.25, -0.2) is 0 Å². The van der Waals surface area contributed by atoms with Gasteiger partial charge in [-0.3, -0.25) is 0 Å². The molecular formula is C69H63BN2O2S. The summed E-state index contributed by atoms with van der Waals surface area (Å²) in [4.78, 5) is 5.05. The van der Waals surface area contributed by atoms with Crippen LogP contribution in [0.15, 0.2) is 176 Å². The van der Waals surface area contributed by atoms with Gasteiger partial charge in [0.05, 0.1) is 5.69 Å². The Bertz CT molecular complexity index is 3830. The Kier molecular flexibility index (Phi) is 10.9. The van der Waals surface area contributed by atoms with E-state index in [0.717, 1.165) is 39.9 Å². The van der Waals surface area contributed by atoms with Gasteiger partial charge in [-0.05, 0) is 162 Å². The standard InChI is InChI=1S/C69H63BN2O2S/c1-42-35-59-64-60(36-42)72(52-27-25-51(26-28-52)69(8,9)10)65-57(31-32-61-66(65)74-34-33-73-61)70(64)56-30-20-45(46-19-29-55-54-13-11-12-14-62(54)75-63(55)41-46)40-58(56)71(59)53-38-47(43-15-21-49(22-16-43)67(2,3)4)37-48(39-53)44-17-23-50(24-18-44)68(5,6)7/h11-32,35-41H,33-34H2,1-10H3. The van der Waals surface area contributed by atoms with Crippen molar-refractivity contribution in [1.29, 1.82) is 0 Å². The highest BCUT2D eigenvalue weighted by Gasteiger charge is 2.46. The van der Waals surface area contributed by atoms with Gasteiger partial charge < -0.3 is 19.3 Å². The molecule has 75 heavy (non-hydrogen) atoms. The summed E-state index contributed by atoms with van der Waals surface area (Å²) >= 11 is 1.87. The molecule has 6 heteroatoms. The van der Waals surface area contributed by atoms with Crippen LogP contribution in [0.3, 0.4) is 0 Å². The van der Waals surface area contributed by atoms with Gasteiger partial charge in [0.15, 0.2) is 11.5 Å². The van der Waals surface area contributed by atoms with Gasteiger partial charge in [-0.15, -0.1) is 11.3 Å². The van der Waals surface area contributed by atoms with Crippen molar-refractivity contribution >= 4 is 88.7 Å². The average Bonchev–Trinajstić information content (AvgIpc) is 3.86. The Morgan fingerprint density at radius 1 is 0.427 bits per heavy atom. The van der Waals surface area contributed by atoms with Crippen LogP contribution in [-0.4, -0.2) is 19.9 Å². The van der Waals surface area contributed by atoms with Gasteiger partial charge in [-0.2, -0.15) is 0 Å². The first-order chi connectivity index (χ1) is 36.0. The van der Waals surface area contributed by atoms with Crippen LogP contribution >= 0.6 is 11.3 Å². The minimum Gasteiger partial charge on any atom is -0.486 e. The minimum atomic E-state index is -0.102. The van der Waals surface area contributed by atoms with E-state index >= 15 is 0 Å². The van der Waals surface area contributed by atoms with Crippen LogP contribution in [0.1, 0.15) is 84.6 Å². The van der Waals surface area contributed by atoms with E-state index < -0.39 is 0 Å². The lowest BCUT2D eigenvalue weighted by molar-refractivity contribution is 0.172. The number of hydrogen-bond donors (Lipinski definition) is 0. The lowest BCUT2D eigenvalue weighted by Gasteiger charge is -2.45. The normalized spacial score (nSPS) is 14.0. The number of nitrogens with zero attached hydrogens (tertiary/aromatic N) is 2. The monoisotopic (exact) mass is 994 g/mol. The predicted octanol–water partition coefficient (Wildman–Crippen LogP) is 17.1. The molecule has 9 aromatic carbocycles. The second-order valence-electron chi connectivity index (χ2n) is 24.2. The first kappa shape index (κ1) is 47.2. The molecular weight excluding hydrogens is 932 g/mol. The third-order valence-corrected chi connectivity index (χ3v) is 17.1. The van der Waals surface area contributed by atoms with E-state index in [-0.39, 0.29) is 23.0 Å². The minimum absolute atomic E-state index is 0.00535. The Labute approximate surface area is 447 Å². The molecule has 0 bridgehead atoms. The molecule has 0 atom stereocenters. The van der Waals surface area contributed by atoms with E-state index in [2.05, 4.69) is 255 Å². The second-order valence-corrected chi connectivity index (χ2v) is 25.2. The lowest BCUT2D eigenvalue weighted by atomic mass is 9.33. The summed E-state index contributed by atoms with van der Waals surface area (Å²) in [6, 6.07) is 67.2. The molecule has 370 valence electrons. The number of aryl methyl sites for hydroxylation is 1. The highest BCUT2D eigenvalue weighted by atomic mass is 32.1. The molecule has 0 amide bonds. The van der Waals surface area contributed by atoms with Gasteiger partial charge in [0, 0.05) is 48.6 Å². The predicted molar refractivity (Wildman–Crippen MR) is 321 cm³/mol. The molecule has 0 spiro atoms. The van der Waals surface area contributed by atoms with Crippen molar-refractivity contribution in [3.05, 3.63) is 198 Å². The van der Waals surface area contributed by atoms with Crippen molar-refractivity contribution in [2.45, 2.75) is 85.5 Å². The van der Waals surface area contributed by atoms with Crippen LogP contribution in [0.25, 0.3) is 53.6 Å². The zero-order chi connectivity index (χ0) is 51.7. The first-order valence-electron chi connectivity index (χ1n) is 26.7. The van der Waals surface area contributed by atoms with Gasteiger partial charge in [-0.1, -0.05) is 172 Å². The van der Waals surface area contributed by atoms with Crippen molar-refractivity contribution in [2.24, 2.45) is 0 Å². The Morgan fingerprint density at radius 2 is 0.960 bits per heavy atom. The highest BCUT2D eigenvalue weighted by molar-refractivity contribution is 7.25. The molecule has 10 aromatic rings. The van der Waals surface area contributed by atoms with Crippen molar-refractivity contribution < 1.29 is 9.47 Å². The summed E-state index contributed by atoms with van der Waals surface area (Å²) in [5.41, 5.74) is 22.8. The number of anilines is 6. The highest BCUT2D eigenvalue weighted by Crippen LogP contribution is 2.51. The molecule has 3 aliphatic rings. The molecule has 0 N–H and O–H groups in total. The van der Waals surface area contributed by atoms with Crippen molar-refractivity contribution in [1.82, 2.24) is 0 Å². The number of fused-ring (bicyclic) bond motifs is 9. The third-order valence-electron chi connectivity index (χ3n) is 15.9. The maximum absolute atomic E-state index is 6.74. The number of benzene rings is 9. The largest absolute Gasteiger partial charge is 0.486 e. The zero-order valence-electron chi connectivity index (χ0n) is 44.9. The van der Waals surface area contributed by atoms with Crippen LogP contribution in [0.5, 0.6) is 11.5 Å². The molecule has 0 fully saturated rings. The van der Waals surface area contributed by atoms with Crippen LogP contribution in [-0.2, 0) is 16.2 Å². The van der Waals surface area contributed by atoms with Gasteiger partial charge in [0.2, 0.25) is 0 Å². The summed E-state index contributed by atoms with van der Waals surface area (Å²) in [6.45, 7) is 23.7. The second kappa shape index (κ2) is 17.3. The van der Waals surface area contributed by atoms with E-state index in [1.54, 1.807) is 0 Å². The lowest BCUT2D eigenvalue weighted by Crippen LogP contribution is -2.61. The summed E-state index contributed by atoms with van der Waals surface area (Å²) in [7, 11) is 0. The molecule has 0 aliphatic carbocycles. The molecule has 0 radical (unpaired) electrons. The van der Waals surface area contributed by atoms with Gasteiger partial charge >= 0.3 is 0 Å². The topological polar surface area (TPSA) is 24.9 Å². The Hall–Kier alpha value is -7.54. The Balaban J connectivity index is 1.09. The van der Waals surface area contributed by atoms with E-state index in [1.807, 2.05) is 11.3 Å². The average molecular weight is 995 g/mol. The SMILES string of the molecule is Cc1cc2c3c(c1)N(c1ccc(C(C)(C)C)cc1)c1c(ccc4c1OCCO4)B3c1ccc(-c3ccc4c(c3)sc3ccccc34)cc1N2c1cc(-c2ccc(C(C)(C)C)cc2)cc(-c2ccc(C(C)(C)C)cc2)c1. The van der Waals surface area contributed by atoms with E-state index in [0.29, 0.717) is 13.2 Å². The van der Waals surface area contributed by atoms with Crippen LogP contribution < -0.4 is 35.7 Å². The smallest absolute Gasteiger partial charge is 0.252 e. The van der Waals surface area contributed by atoms with E-state index in [9.17, 15) is 0 Å². The molecule has 0 saturated carbocycles. The van der Waals surface area contributed by atoms with Gasteiger partial charge in [0.1, 0.15) is 13.2 Å². The van der Waals surface area contributed by atoms with E-state index in [4.69, 9.17) is 9.47 Å². The fourth-order valence-electron chi connectivity index (χ4n) is 11.9. The van der Waals surface area contributed by atoms with Crippen molar-refractivity contribution in [3.63, 3.8) is 0 Å². The quantitative estimate of drug-likeness (QED) is 0.160. The number of rotatable bonds is 5. The zero-order valence-corrected chi connectivity index (χ0v) is 45.7.